The third-order valence-electron chi connectivity index (χ3n) is 3.86. The van der Waals surface area contributed by atoms with E-state index in [0.717, 1.165) is 30.4 Å². The number of hydrogen-bond acceptors (Lipinski definition) is 2. The van der Waals surface area contributed by atoms with Crippen LogP contribution in [0.2, 0.25) is 0 Å². The Morgan fingerprint density at radius 2 is 2.38 bits per heavy atom. The van der Waals surface area contributed by atoms with Gasteiger partial charge in [-0.15, -0.1) is 0 Å². The summed E-state index contributed by atoms with van der Waals surface area (Å²) in [5.41, 5.74) is 1.25. The van der Waals surface area contributed by atoms with Gasteiger partial charge in [-0.05, 0) is 36.5 Å². The Kier molecular flexibility index (Phi) is 4.39. The van der Waals surface area contributed by atoms with Crippen LogP contribution in [-0.2, 0) is 11.3 Å². The summed E-state index contributed by atoms with van der Waals surface area (Å²) in [5.74, 6) is 0.717. The molecule has 1 amide bonds. The average molecular weight is 348 g/mol. The Balaban J connectivity index is 1.41. The molecule has 1 saturated carbocycles. The second-order valence-electron chi connectivity index (χ2n) is 5.45. The lowest BCUT2D eigenvalue weighted by Crippen LogP contribution is -2.27. The molecule has 21 heavy (non-hydrogen) atoms. The van der Waals surface area contributed by atoms with Gasteiger partial charge in [0.2, 0.25) is 5.91 Å². The fourth-order valence-corrected chi connectivity index (χ4v) is 3.03. The van der Waals surface area contributed by atoms with Crippen LogP contribution in [-0.4, -0.2) is 22.0 Å². The van der Waals surface area contributed by atoms with Crippen LogP contribution in [0.4, 0.5) is 0 Å². The molecule has 0 saturated heterocycles. The number of halogens is 1. The summed E-state index contributed by atoms with van der Waals surface area (Å²) in [6, 6.07) is 8.24. The summed E-state index contributed by atoms with van der Waals surface area (Å²) < 4.78 is 3.10. The van der Waals surface area contributed by atoms with Crippen molar-refractivity contribution in [3.63, 3.8) is 0 Å². The summed E-state index contributed by atoms with van der Waals surface area (Å²) >= 11 is 3.48. The first-order valence-electron chi connectivity index (χ1n) is 7.23. The highest BCUT2D eigenvalue weighted by Gasteiger charge is 2.43. The minimum absolute atomic E-state index is 0.146. The number of amides is 1. The van der Waals surface area contributed by atoms with Crippen molar-refractivity contribution in [2.24, 2.45) is 5.92 Å². The summed E-state index contributed by atoms with van der Waals surface area (Å²) in [6.45, 7) is 1.61. The van der Waals surface area contributed by atoms with Crippen molar-refractivity contribution in [3.8, 4) is 0 Å². The molecule has 1 aromatic carbocycles. The lowest BCUT2D eigenvalue weighted by molar-refractivity contribution is -0.122. The number of carbonyl (C=O) groups is 1. The molecule has 0 spiro atoms. The van der Waals surface area contributed by atoms with Gasteiger partial charge in [0.15, 0.2) is 0 Å². The van der Waals surface area contributed by atoms with E-state index in [4.69, 9.17) is 0 Å². The lowest BCUT2D eigenvalue weighted by atomic mass is 10.1. The molecule has 1 aromatic heterocycles. The number of imidazole rings is 1. The lowest BCUT2D eigenvalue weighted by Gasteiger charge is -2.06. The first-order chi connectivity index (χ1) is 10.2. The molecule has 2 atom stereocenters. The molecule has 4 nitrogen and oxygen atoms in total. The minimum Gasteiger partial charge on any atom is -0.356 e. The number of nitrogens with zero attached hydrogens (tertiary/aromatic N) is 2. The van der Waals surface area contributed by atoms with Crippen molar-refractivity contribution in [2.45, 2.75) is 25.3 Å². The van der Waals surface area contributed by atoms with Crippen LogP contribution in [0.25, 0.3) is 0 Å². The van der Waals surface area contributed by atoms with Gasteiger partial charge in [0.05, 0.1) is 6.33 Å². The maximum atomic E-state index is 12.1. The van der Waals surface area contributed by atoms with Gasteiger partial charge in [0.1, 0.15) is 0 Å². The number of aromatic nitrogens is 2. The highest BCUT2D eigenvalue weighted by molar-refractivity contribution is 9.10. The predicted octanol–water partition coefficient (Wildman–Crippen LogP) is 2.96. The molecule has 1 heterocycles. The van der Waals surface area contributed by atoms with E-state index in [9.17, 15) is 4.79 Å². The molecule has 2 aromatic rings. The van der Waals surface area contributed by atoms with E-state index in [1.54, 1.807) is 12.5 Å². The predicted molar refractivity (Wildman–Crippen MR) is 84.8 cm³/mol. The van der Waals surface area contributed by atoms with Crippen LogP contribution < -0.4 is 5.32 Å². The van der Waals surface area contributed by atoms with E-state index in [1.807, 2.05) is 22.9 Å². The molecule has 0 bridgehead atoms. The molecule has 2 unspecified atom stereocenters. The van der Waals surface area contributed by atoms with Gasteiger partial charge >= 0.3 is 0 Å². The largest absolute Gasteiger partial charge is 0.356 e. The summed E-state index contributed by atoms with van der Waals surface area (Å²) in [4.78, 5) is 16.1. The maximum Gasteiger partial charge on any atom is 0.223 e. The van der Waals surface area contributed by atoms with Crippen LogP contribution in [0.3, 0.4) is 0 Å². The molecule has 1 aliphatic carbocycles. The summed E-state index contributed by atoms with van der Waals surface area (Å²) in [5, 5.41) is 3.04. The fourth-order valence-electron chi connectivity index (χ4n) is 2.61. The first-order valence-corrected chi connectivity index (χ1v) is 8.02. The third kappa shape index (κ3) is 3.73. The quantitative estimate of drug-likeness (QED) is 0.816. The molecule has 1 fully saturated rings. The molecular weight excluding hydrogens is 330 g/mol. The molecule has 1 N–H and O–H groups in total. The van der Waals surface area contributed by atoms with Crippen LogP contribution in [0.1, 0.15) is 24.3 Å². The van der Waals surface area contributed by atoms with Crippen molar-refractivity contribution in [2.75, 3.05) is 6.54 Å². The molecule has 3 rings (SSSR count). The van der Waals surface area contributed by atoms with E-state index >= 15 is 0 Å². The summed E-state index contributed by atoms with van der Waals surface area (Å²) in [7, 11) is 0. The zero-order valence-electron chi connectivity index (χ0n) is 11.7. The standard InChI is InChI=1S/C16H18BrN3O/c17-13-4-1-3-12(9-13)14-10-15(14)16(21)19-5-2-7-20-8-6-18-11-20/h1,3-4,6,8-9,11,14-15H,2,5,7,10H2,(H,19,21). The van der Waals surface area contributed by atoms with Crippen LogP contribution in [0.15, 0.2) is 47.5 Å². The number of rotatable bonds is 6. The molecule has 0 radical (unpaired) electrons. The monoisotopic (exact) mass is 347 g/mol. The Morgan fingerprint density at radius 3 is 3.14 bits per heavy atom. The van der Waals surface area contributed by atoms with Crippen molar-refractivity contribution in [1.82, 2.24) is 14.9 Å². The van der Waals surface area contributed by atoms with Gasteiger partial charge in [-0.1, -0.05) is 28.1 Å². The topological polar surface area (TPSA) is 46.9 Å². The summed E-state index contributed by atoms with van der Waals surface area (Å²) in [6.07, 6.45) is 7.39. The number of carbonyl (C=O) groups excluding carboxylic acids is 1. The third-order valence-corrected chi connectivity index (χ3v) is 4.35. The Bertz CT molecular complexity index is 612. The van der Waals surface area contributed by atoms with E-state index in [2.05, 4.69) is 38.4 Å². The molecular formula is C16H18BrN3O. The molecule has 0 aliphatic heterocycles. The Hall–Kier alpha value is -1.62. The van der Waals surface area contributed by atoms with E-state index < -0.39 is 0 Å². The highest BCUT2D eigenvalue weighted by Crippen LogP contribution is 2.47. The molecule has 110 valence electrons. The van der Waals surface area contributed by atoms with Crippen LogP contribution in [0, 0.1) is 5.92 Å². The normalized spacial score (nSPS) is 20.2. The first kappa shape index (κ1) is 14.3. The van der Waals surface area contributed by atoms with Crippen LogP contribution in [0.5, 0.6) is 0 Å². The van der Waals surface area contributed by atoms with Gasteiger partial charge < -0.3 is 9.88 Å². The maximum absolute atomic E-state index is 12.1. The van der Waals surface area contributed by atoms with Gasteiger partial charge in [0, 0.05) is 35.9 Å². The SMILES string of the molecule is O=C(NCCCn1ccnc1)C1CC1c1cccc(Br)c1. The number of nitrogens with one attached hydrogen (secondary N) is 1. The average Bonchev–Trinajstić information content (AvgIpc) is 3.12. The van der Waals surface area contributed by atoms with Gasteiger partial charge in [-0.2, -0.15) is 0 Å². The van der Waals surface area contributed by atoms with Crippen molar-refractivity contribution < 1.29 is 4.79 Å². The van der Waals surface area contributed by atoms with E-state index in [0.29, 0.717) is 5.92 Å². The van der Waals surface area contributed by atoms with Crippen LogP contribution >= 0.6 is 15.9 Å². The zero-order chi connectivity index (χ0) is 14.7. The second-order valence-corrected chi connectivity index (χ2v) is 6.36. The number of aryl methyl sites for hydroxylation is 1. The van der Waals surface area contributed by atoms with Crippen molar-refractivity contribution in [3.05, 3.63) is 53.0 Å². The molecule has 1 aliphatic rings. The molecule has 5 heteroatoms. The number of benzene rings is 1. The fraction of sp³-hybridized carbons (Fsp3) is 0.375. The van der Waals surface area contributed by atoms with Gasteiger partial charge in [-0.3, -0.25) is 4.79 Å². The van der Waals surface area contributed by atoms with E-state index in [1.165, 1.54) is 5.56 Å². The smallest absolute Gasteiger partial charge is 0.223 e. The van der Waals surface area contributed by atoms with Gasteiger partial charge in [0.25, 0.3) is 0 Å². The zero-order valence-corrected chi connectivity index (χ0v) is 13.3. The highest BCUT2D eigenvalue weighted by atomic mass is 79.9. The second kappa shape index (κ2) is 6.43. The minimum atomic E-state index is 0.146. The van der Waals surface area contributed by atoms with E-state index in [-0.39, 0.29) is 11.8 Å². The van der Waals surface area contributed by atoms with Gasteiger partial charge in [-0.25, -0.2) is 4.98 Å². The Labute approximate surface area is 132 Å². The Morgan fingerprint density at radius 1 is 1.48 bits per heavy atom. The van der Waals surface area contributed by atoms with Crippen molar-refractivity contribution >= 4 is 21.8 Å². The number of hydrogen-bond donors (Lipinski definition) is 1. The van der Waals surface area contributed by atoms with Crippen molar-refractivity contribution in [1.29, 1.82) is 0 Å².